The fourth-order valence-electron chi connectivity index (χ4n) is 2.77. The highest BCUT2D eigenvalue weighted by molar-refractivity contribution is 5.95. The molecule has 138 valence electrons. The van der Waals surface area contributed by atoms with Crippen LogP contribution >= 0.6 is 0 Å². The van der Waals surface area contributed by atoms with Crippen molar-refractivity contribution < 1.29 is 14.8 Å². The van der Waals surface area contributed by atoms with E-state index in [2.05, 4.69) is 10.2 Å². The van der Waals surface area contributed by atoms with Crippen LogP contribution in [0, 0.1) is 17.0 Å². The molecule has 1 heterocycles. The Morgan fingerprint density at radius 3 is 2.59 bits per heavy atom. The normalized spacial score (nSPS) is 11.2. The smallest absolute Gasteiger partial charge is 0.293 e. The second kappa shape index (κ2) is 6.87. The number of para-hydroxylation sites is 1. The topological polar surface area (TPSA) is 119 Å². The minimum atomic E-state index is -0.691. The van der Waals surface area contributed by atoms with Crippen molar-refractivity contribution >= 4 is 28.0 Å². The van der Waals surface area contributed by atoms with Gasteiger partial charge in [0.25, 0.3) is 11.2 Å². The fourth-order valence-corrected chi connectivity index (χ4v) is 2.77. The molecule has 1 N–H and O–H groups in total. The Kier molecular flexibility index (Phi) is 4.59. The summed E-state index contributed by atoms with van der Waals surface area (Å²) in [6, 6.07) is 9.31. The Labute approximate surface area is 153 Å². The zero-order valence-corrected chi connectivity index (χ0v) is 14.8. The Bertz CT molecular complexity index is 1150. The highest BCUT2D eigenvalue weighted by atomic mass is 16.6. The summed E-state index contributed by atoms with van der Waals surface area (Å²) in [7, 11) is 2.93. The highest BCUT2D eigenvalue weighted by Crippen LogP contribution is 2.36. The molecule has 0 aliphatic heterocycles. The van der Waals surface area contributed by atoms with Crippen molar-refractivity contribution in [2.24, 2.45) is 17.3 Å². The molecule has 9 heteroatoms. The number of ether oxygens (including phenoxy) is 1. The second-order valence-corrected chi connectivity index (χ2v) is 5.84. The van der Waals surface area contributed by atoms with E-state index >= 15 is 0 Å². The average molecular weight is 368 g/mol. The number of rotatable bonds is 4. The lowest BCUT2D eigenvalue weighted by Gasteiger charge is -2.09. The van der Waals surface area contributed by atoms with Crippen LogP contribution in [0.1, 0.15) is 5.56 Å². The van der Waals surface area contributed by atoms with Crippen LogP contribution in [0.25, 0.3) is 10.9 Å². The third kappa shape index (κ3) is 3.10. The molecule has 0 radical (unpaired) electrons. The van der Waals surface area contributed by atoms with Gasteiger partial charge in [0.2, 0.25) is 0 Å². The molecule has 0 amide bonds. The maximum atomic E-state index is 12.6. The maximum absolute atomic E-state index is 12.6. The van der Waals surface area contributed by atoms with Gasteiger partial charge in [-0.2, -0.15) is 0 Å². The van der Waals surface area contributed by atoms with Crippen LogP contribution in [-0.2, 0) is 7.05 Å². The predicted octanol–water partition coefficient (Wildman–Crippen LogP) is 3.88. The molecular weight excluding hydrogens is 352 g/mol. The first kappa shape index (κ1) is 18.1. The van der Waals surface area contributed by atoms with E-state index in [1.54, 1.807) is 32.2 Å². The van der Waals surface area contributed by atoms with E-state index in [1.807, 2.05) is 0 Å². The maximum Gasteiger partial charge on any atom is 0.293 e. The molecule has 0 bridgehead atoms. The Balaban J connectivity index is 2.19. The van der Waals surface area contributed by atoms with Crippen molar-refractivity contribution in [1.29, 1.82) is 0 Å². The number of aromatic hydroxyl groups is 1. The summed E-state index contributed by atoms with van der Waals surface area (Å²) in [5.74, 6) is 0.204. The number of aryl methyl sites for hydroxylation is 2. The number of hydrogen-bond acceptors (Lipinski definition) is 7. The first-order valence-electron chi connectivity index (χ1n) is 7.90. The van der Waals surface area contributed by atoms with Crippen LogP contribution < -0.4 is 10.3 Å². The zero-order chi connectivity index (χ0) is 19.7. The van der Waals surface area contributed by atoms with Crippen LogP contribution in [-0.4, -0.2) is 21.7 Å². The SMILES string of the molecule is COc1ccc(N=Nc2c(O)c3cccc([N+](=O)[O-])c3n(C)c2=O)c(C)c1. The summed E-state index contributed by atoms with van der Waals surface area (Å²) in [6.45, 7) is 1.80. The fraction of sp³-hybridized carbons (Fsp3) is 0.167. The van der Waals surface area contributed by atoms with Crippen molar-refractivity contribution in [2.75, 3.05) is 7.11 Å². The quantitative estimate of drug-likeness (QED) is 0.426. The molecule has 9 nitrogen and oxygen atoms in total. The number of fused-ring (bicyclic) bond motifs is 1. The molecule has 0 atom stereocenters. The second-order valence-electron chi connectivity index (χ2n) is 5.84. The van der Waals surface area contributed by atoms with Crippen LogP contribution in [0.15, 0.2) is 51.4 Å². The van der Waals surface area contributed by atoms with Gasteiger partial charge in [0.15, 0.2) is 11.4 Å². The number of non-ortho nitro benzene ring substituents is 1. The van der Waals surface area contributed by atoms with Crippen molar-refractivity contribution in [1.82, 2.24) is 4.57 Å². The third-order valence-corrected chi connectivity index (χ3v) is 4.20. The van der Waals surface area contributed by atoms with Gasteiger partial charge in [-0.15, -0.1) is 10.2 Å². The molecule has 0 unspecified atom stereocenters. The molecule has 3 aromatic rings. The van der Waals surface area contributed by atoms with Crippen molar-refractivity contribution in [3.05, 3.63) is 62.4 Å². The number of benzene rings is 2. The first-order chi connectivity index (χ1) is 12.8. The summed E-state index contributed by atoms with van der Waals surface area (Å²) >= 11 is 0. The van der Waals surface area contributed by atoms with Gasteiger partial charge < -0.3 is 14.4 Å². The Morgan fingerprint density at radius 2 is 1.96 bits per heavy atom. The zero-order valence-electron chi connectivity index (χ0n) is 14.8. The van der Waals surface area contributed by atoms with Gasteiger partial charge in [-0.25, -0.2) is 0 Å². The van der Waals surface area contributed by atoms with Crippen LogP contribution in [0.5, 0.6) is 11.5 Å². The largest absolute Gasteiger partial charge is 0.505 e. The molecule has 0 spiro atoms. The van der Waals surface area contributed by atoms with Gasteiger partial charge in [0.1, 0.15) is 11.3 Å². The van der Waals surface area contributed by atoms with Crippen LogP contribution in [0.3, 0.4) is 0 Å². The number of nitro groups is 1. The number of nitrogens with zero attached hydrogens (tertiary/aromatic N) is 4. The van der Waals surface area contributed by atoms with Gasteiger partial charge in [-0.05, 0) is 36.8 Å². The molecule has 0 fully saturated rings. The Morgan fingerprint density at radius 1 is 1.22 bits per heavy atom. The van der Waals surface area contributed by atoms with E-state index in [0.29, 0.717) is 11.4 Å². The van der Waals surface area contributed by atoms with E-state index in [0.717, 1.165) is 10.1 Å². The molecule has 0 aliphatic rings. The molecular formula is C18H16N4O5. The van der Waals surface area contributed by atoms with E-state index in [1.165, 1.54) is 25.2 Å². The van der Waals surface area contributed by atoms with Gasteiger partial charge in [0.05, 0.1) is 17.7 Å². The van der Waals surface area contributed by atoms with Crippen molar-refractivity contribution in [2.45, 2.75) is 6.92 Å². The average Bonchev–Trinajstić information content (AvgIpc) is 2.66. The van der Waals surface area contributed by atoms with Gasteiger partial charge >= 0.3 is 0 Å². The number of methoxy groups -OCH3 is 1. The lowest BCUT2D eigenvalue weighted by atomic mass is 10.1. The van der Waals surface area contributed by atoms with Crippen molar-refractivity contribution in [3.8, 4) is 11.5 Å². The third-order valence-electron chi connectivity index (χ3n) is 4.20. The van der Waals surface area contributed by atoms with Gasteiger partial charge in [-0.1, -0.05) is 6.07 Å². The summed E-state index contributed by atoms with van der Waals surface area (Å²) in [6.07, 6.45) is 0. The van der Waals surface area contributed by atoms with E-state index in [4.69, 9.17) is 4.74 Å². The van der Waals surface area contributed by atoms with E-state index < -0.39 is 16.2 Å². The summed E-state index contributed by atoms with van der Waals surface area (Å²) in [5, 5.41) is 29.8. The van der Waals surface area contributed by atoms with E-state index in [-0.39, 0.29) is 22.3 Å². The van der Waals surface area contributed by atoms with Crippen LogP contribution in [0.4, 0.5) is 17.1 Å². The van der Waals surface area contributed by atoms with Gasteiger partial charge in [-0.3, -0.25) is 14.9 Å². The summed E-state index contributed by atoms with van der Waals surface area (Å²) < 4.78 is 6.21. The first-order valence-corrected chi connectivity index (χ1v) is 7.90. The molecule has 3 rings (SSSR count). The summed E-state index contributed by atoms with van der Waals surface area (Å²) in [5.41, 5.74) is 0.0219. The van der Waals surface area contributed by atoms with E-state index in [9.17, 15) is 20.0 Å². The predicted molar refractivity (Wildman–Crippen MR) is 99.4 cm³/mol. The van der Waals surface area contributed by atoms with Gasteiger partial charge in [0, 0.05) is 18.5 Å². The molecule has 27 heavy (non-hydrogen) atoms. The summed E-state index contributed by atoms with van der Waals surface area (Å²) in [4.78, 5) is 23.2. The lowest BCUT2D eigenvalue weighted by molar-refractivity contribution is -0.383. The number of aromatic nitrogens is 1. The standard InChI is InChI=1S/C18H16N4O5/c1-10-9-11(27-3)7-8-13(10)19-20-15-17(23)12-5-4-6-14(22(25)26)16(12)21(2)18(15)24/h4-9,23H,1-3H3. The van der Waals surface area contributed by atoms with Crippen LogP contribution in [0.2, 0.25) is 0 Å². The minimum Gasteiger partial charge on any atom is -0.505 e. The van der Waals surface area contributed by atoms with Crippen molar-refractivity contribution in [3.63, 3.8) is 0 Å². The molecule has 0 aliphatic carbocycles. The molecule has 0 saturated carbocycles. The highest BCUT2D eigenvalue weighted by Gasteiger charge is 2.21. The molecule has 1 aromatic heterocycles. The number of hydrogen-bond donors (Lipinski definition) is 1. The lowest BCUT2D eigenvalue weighted by Crippen LogP contribution is -2.17. The number of pyridine rings is 1. The molecule has 0 saturated heterocycles. The Hall–Kier alpha value is -3.75. The molecule has 2 aromatic carbocycles. The number of azo groups is 1. The monoisotopic (exact) mass is 368 g/mol. The minimum absolute atomic E-state index is 0.0181. The number of nitro benzene ring substituents is 1.